The minimum absolute atomic E-state index is 0.0691. The SMILES string of the molecule is COS(=O)(=O)c1cc(Nc2nc(Nc3ccccc3)nc(N(C)CCO)n2)ccc1C=Cc1ccc(Nc2nc(Nc3ccccc3)nc(N(C)CCO)n2)cc1S(=O)(=O)OC. The van der Waals surface area contributed by atoms with Crippen molar-refractivity contribution in [1.29, 1.82) is 0 Å². The Bertz CT molecular complexity index is 2550. The van der Waals surface area contributed by atoms with Crippen molar-refractivity contribution in [3.8, 4) is 0 Å². The van der Waals surface area contributed by atoms with Gasteiger partial charge in [-0.1, -0.05) is 60.7 Å². The number of aliphatic hydroxyl groups excluding tert-OH is 2. The lowest BCUT2D eigenvalue weighted by Gasteiger charge is -2.18. The van der Waals surface area contributed by atoms with E-state index in [-0.39, 0.29) is 94.3 Å². The van der Waals surface area contributed by atoms with Crippen molar-refractivity contribution < 1.29 is 35.4 Å². The van der Waals surface area contributed by atoms with E-state index in [0.29, 0.717) is 11.4 Å². The predicted octanol–water partition coefficient (Wildman–Crippen LogP) is 4.73. The highest BCUT2D eigenvalue weighted by Gasteiger charge is 2.22. The molecule has 20 nitrogen and oxygen atoms in total. The second-order valence-corrected chi connectivity index (χ2v) is 16.5. The molecular formula is C40H44N12O8S2. The fourth-order valence-corrected chi connectivity index (χ4v) is 7.40. The molecule has 0 aliphatic heterocycles. The summed E-state index contributed by atoms with van der Waals surface area (Å²) in [6, 6.07) is 27.2. The Balaban J connectivity index is 1.32. The molecule has 4 aromatic carbocycles. The monoisotopic (exact) mass is 884 g/mol. The van der Waals surface area contributed by atoms with Gasteiger partial charge < -0.3 is 41.3 Å². The Morgan fingerprint density at radius 3 is 1.18 bits per heavy atom. The van der Waals surface area contributed by atoms with E-state index in [1.165, 1.54) is 36.4 Å². The Labute approximate surface area is 358 Å². The molecule has 6 N–H and O–H groups in total. The van der Waals surface area contributed by atoms with Crippen molar-refractivity contribution in [2.75, 3.05) is 85.7 Å². The fourth-order valence-electron chi connectivity index (χ4n) is 5.65. The van der Waals surface area contributed by atoms with Crippen LogP contribution in [0.2, 0.25) is 0 Å². The van der Waals surface area contributed by atoms with Gasteiger partial charge in [0.1, 0.15) is 9.79 Å². The standard InChI is InChI=1S/C40H44N12O8S2/c1-51(21-23-53)39-47-35(41-29-11-7-5-8-12-29)45-37(49-39)43-31-19-17-27(33(25-31)61(55,56)59-3)15-16-28-18-20-32(26-34(28)62(57,58)60-4)44-38-46-36(42-30-13-9-6-10-14-30)48-40(50-38)52(2)22-24-54/h5-20,25-26,53-54H,21-24H2,1-4H3,(H2,41,43,45,47,49)(H2,42,44,46,48,50). The summed E-state index contributed by atoms with van der Waals surface area (Å²) in [6.07, 6.45) is 2.85. The molecule has 6 aromatic rings. The third-order valence-corrected chi connectivity index (χ3v) is 11.5. The van der Waals surface area contributed by atoms with Crippen molar-refractivity contribution >= 4 is 90.8 Å². The van der Waals surface area contributed by atoms with Crippen molar-refractivity contribution in [2.24, 2.45) is 0 Å². The van der Waals surface area contributed by atoms with Gasteiger partial charge in [0.05, 0.1) is 27.4 Å². The number of benzene rings is 4. The molecule has 2 aromatic heterocycles. The van der Waals surface area contributed by atoms with Gasteiger partial charge in [-0.25, -0.2) is 0 Å². The maximum Gasteiger partial charge on any atom is 0.297 e. The molecule has 0 amide bonds. The van der Waals surface area contributed by atoms with Crippen LogP contribution in [0.15, 0.2) is 107 Å². The average molecular weight is 885 g/mol. The molecule has 0 aliphatic carbocycles. The van der Waals surface area contributed by atoms with Crippen LogP contribution in [0.4, 0.5) is 58.4 Å². The molecule has 22 heteroatoms. The number of anilines is 10. The maximum absolute atomic E-state index is 13.3. The molecule has 0 aliphatic rings. The number of para-hydroxylation sites is 2. The number of rotatable bonds is 20. The minimum Gasteiger partial charge on any atom is -0.395 e. The number of nitrogens with zero attached hydrogens (tertiary/aromatic N) is 8. The largest absolute Gasteiger partial charge is 0.395 e. The van der Waals surface area contributed by atoms with E-state index in [4.69, 9.17) is 8.37 Å². The van der Waals surface area contributed by atoms with E-state index in [9.17, 15) is 27.0 Å². The van der Waals surface area contributed by atoms with Crippen LogP contribution >= 0.6 is 0 Å². The summed E-state index contributed by atoms with van der Waals surface area (Å²) < 4.78 is 63.0. The Kier molecular flexibility index (Phi) is 14.5. The second kappa shape index (κ2) is 20.2. The van der Waals surface area contributed by atoms with Crippen LogP contribution in [0, 0.1) is 0 Å². The zero-order chi connectivity index (χ0) is 44.3. The Hall–Kier alpha value is -6.82. The molecule has 0 fully saturated rings. The summed E-state index contributed by atoms with van der Waals surface area (Å²) in [5.74, 6) is 0.981. The highest BCUT2D eigenvalue weighted by molar-refractivity contribution is 7.87. The van der Waals surface area contributed by atoms with Crippen molar-refractivity contribution in [3.05, 3.63) is 108 Å². The third-order valence-electron chi connectivity index (χ3n) is 8.82. The number of aromatic nitrogens is 6. The fraction of sp³-hybridized carbons (Fsp3) is 0.200. The second-order valence-electron chi connectivity index (χ2n) is 13.2. The van der Waals surface area contributed by atoms with Gasteiger partial charge in [0.15, 0.2) is 0 Å². The lowest BCUT2D eigenvalue weighted by Crippen LogP contribution is -2.24. The van der Waals surface area contributed by atoms with Crippen LogP contribution in [0.25, 0.3) is 12.2 Å². The first-order valence-corrected chi connectivity index (χ1v) is 21.5. The van der Waals surface area contributed by atoms with E-state index < -0.39 is 20.2 Å². The highest BCUT2D eigenvalue weighted by Crippen LogP contribution is 2.30. The smallest absolute Gasteiger partial charge is 0.297 e. The molecule has 0 saturated carbocycles. The molecule has 0 spiro atoms. The normalized spacial score (nSPS) is 11.6. The van der Waals surface area contributed by atoms with E-state index in [2.05, 4.69) is 51.2 Å². The van der Waals surface area contributed by atoms with E-state index in [1.54, 1.807) is 36.0 Å². The summed E-state index contributed by atoms with van der Waals surface area (Å²) in [7, 11) is -3.22. The maximum atomic E-state index is 13.3. The van der Waals surface area contributed by atoms with E-state index in [1.807, 2.05) is 60.7 Å². The number of aliphatic hydroxyl groups is 2. The van der Waals surface area contributed by atoms with Crippen LogP contribution < -0.4 is 31.1 Å². The first-order chi connectivity index (χ1) is 29.8. The van der Waals surface area contributed by atoms with Crippen LogP contribution in [-0.2, 0) is 28.6 Å². The summed E-state index contributed by atoms with van der Waals surface area (Å²) in [4.78, 5) is 29.5. The van der Waals surface area contributed by atoms with Gasteiger partial charge in [-0.3, -0.25) is 8.37 Å². The molecule has 0 saturated heterocycles. The van der Waals surface area contributed by atoms with Crippen LogP contribution in [0.1, 0.15) is 11.1 Å². The number of hydrogen-bond acceptors (Lipinski definition) is 20. The quantitative estimate of drug-likeness (QED) is 0.0447. The molecular weight excluding hydrogens is 841 g/mol. The summed E-state index contributed by atoms with van der Waals surface area (Å²) in [5, 5.41) is 31.3. The molecule has 62 heavy (non-hydrogen) atoms. The summed E-state index contributed by atoms with van der Waals surface area (Å²) in [5.41, 5.74) is 2.29. The Morgan fingerprint density at radius 2 is 0.855 bits per heavy atom. The van der Waals surface area contributed by atoms with Crippen molar-refractivity contribution in [2.45, 2.75) is 9.79 Å². The first kappa shape index (κ1) is 44.7. The molecule has 2 heterocycles. The zero-order valence-electron chi connectivity index (χ0n) is 34.0. The number of nitrogens with one attached hydrogen (secondary N) is 4. The molecule has 0 bridgehead atoms. The van der Waals surface area contributed by atoms with Crippen molar-refractivity contribution in [3.63, 3.8) is 0 Å². The zero-order valence-corrected chi connectivity index (χ0v) is 35.6. The van der Waals surface area contributed by atoms with Crippen LogP contribution in [0.3, 0.4) is 0 Å². The topological polar surface area (TPSA) is 259 Å². The molecule has 0 atom stereocenters. The van der Waals surface area contributed by atoms with Gasteiger partial charge in [0.25, 0.3) is 20.2 Å². The Morgan fingerprint density at radius 1 is 0.516 bits per heavy atom. The van der Waals surface area contributed by atoms with E-state index >= 15 is 0 Å². The predicted molar refractivity (Wildman–Crippen MR) is 237 cm³/mol. The summed E-state index contributed by atoms with van der Waals surface area (Å²) >= 11 is 0. The van der Waals surface area contributed by atoms with Gasteiger partial charge >= 0.3 is 0 Å². The highest BCUT2D eigenvalue weighted by atomic mass is 32.2. The lowest BCUT2D eigenvalue weighted by molar-refractivity contribution is 0.303. The van der Waals surface area contributed by atoms with Crippen LogP contribution in [-0.4, -0.2) is 112 Å². The van der Waals surface area contributed by atoms with Gasteiger partial charge in [-0.05, 0) is 59.7 Å². The van der Waals surface area contributed by atoms with Crippen LogP contribution in [0.5, 0.6) is 0 Å². The molecule has 324 valence electrons. The third kappa shape index (κ3) is 11.5. The van der Waals surface area contributed by atoms with Gasteiger partial charge in [-0.15, -0.1) is 0 Å². The van der Waals surface area contributed by atoms with Gasteiger partial charge in [-0.2, -0.15) is 46.7 Å². The molecule has 6 rings (SSSR count). The summed E-state index contributed by atoms with van der Waals surface area (Å²) in [6.45, 7) is 0.158. The molecule has 0 unspecified atom stereocenters. The number of likely N-dealkylation sites (N-methyl/N-ethyl adjacent to an activating group) is 2. The van der Waals surface area contributed by atoms with Gasteiger partial charge in [0, 0.05) is 49.9 Å². The minimum atomic E-state index is -4.33. The molecule has 0 radical (unpaired) electrons. The first-order valence-electron chi connectivity index (χ1n) is 18.7. The number of hydrogen-bond donors (Lipinski definition) is 6. The lowest BCUT2D eigenvalue weighted by atomic mass is 10.1. The van der Waals surface area contributed by atoms with Gasteiger partial charge in [0.2, 0.25) is 35.7 Å². The average Bonchev–Trinajstić information content (AvgIpc) is 3.27. The van der Waals surface area contributed by atoms with E-state index in [0.717, 1.165) is 14.2 Å². The van der Waals surface area contributed by atoms with Crippen molar-refractivity contribution in [1.82, 2.24) is 29.9 Å².